The van der Waals surface area contributed by atoms with E-state index in [1.807, 2.05) is 40.6 Å². The van der Waals surface area contributed by atoms with Crippen molar-refractivity contribution in [1.82, 2.24) is 9.80 Å². The molecule has 0 atom stereocenters. The summed E-state index contributed by atoms with van der Waals surface area (Å²) in [5.74, 6) is 1.64. The number of hydrogen-bond acceptors (Lipinski definition) is 5. The lowest BCUT2D eigenvalue weighted by atomic mass is 10.1. The first-order valence-electron chi connectivity index (χ1n) is 10.5. The van der Waals surface area contributed by atoms with Crippen molar-refractivity contribution in [2.24, 2.45) is 0 Å². The van der Waals surface area contributed by atoms with Crippen molar-refractivity contribution in [3.05, 3.63) is 81.5 Å². The summed E-state index contributed by atoms with van der Waals surface area (Å²) in [5, 5.41) is 2.00. The fourth-order valence-electron chi connectivity index (χ4n) is 3.71. The fourth-order valence-corrected chi connectivity index (χ4v) is 4.58. The van der Waals surface area contributed by atoms with Crippen LogP contribution >= 0.6 is 11.3 Å². The molecule has 1 amide bonds. The number of amides is 1. The Kier molecular flexibility index (Phi) is 6.89. The van der Waals surface area contributed by atoms with Crippen LogP contribution in [0.5, 0.6) is 11.5 Å². The van der Waals surface area contributed by atoms with Gasteiger partial charge >= 0.3 is 0 Å². The number of rotatable bonds is 7. The third-order valence-electron chi connectivity index (χ3n) is 5.63. The smallest absolute Gasteiger partial charge is 0.264 e. The summed E-state index contributed by atoms with van der Waals surface area (Å²) >= 11 is 1.49. The van der Waals surface area contributed by atoms with Gasteiger partial charge < -0.3 is 14.4 Å². The van der Waals surface area contributed by atoms with Crippen LogP contribution < -0.4 is 9.47 Å². The molecule has 1 aliphatic heterocycles. The molecule has 162 valence electrons. The number of aryl methyl sites for hydroxylation is 1. The van der Waals surface area contributed by atoms with Gasteiger partial charge in [-0.25, -0.2) is 0 Å². The third-order valence-corrected chi connectivity index (χ3v) is 6.59. The number of carbonyl (C=O) groups is 1. The average molecular weight is 437 g/mol. The number of hydrogen-bond donors (Lipinski definition) is 0. The molecule has 2 aromatic carbocycles. The molecule has 0 saturated carbocycles. The Bertz CT molecular complexity index is 1020. The summed E-state index contributed by atoms with van der Waals surface area (Å²) in [6.45, 7) is 6.85. The molecule has 0 bridgehead atoms. The molecule has 6 heteroatoms. The SMILES string of the molecule is COc1cccc(OCc2csc(C(=O)N3CCN(Cc4ccccc4C)CC3)c2)c1. The zero-order valence-electron chi connectivity index (χ0n) is 18.0. The number of nitrogens with zero attached hydrogens (tertiary/aromatic N) is 2. The molecule has 5 nitrogen and oxygen atoms in total. The molecule has 1 fully saturated rings. The van der Waals surface area contributed by atoms with Gasteiger partial charge in [0.1, 0.15) is 18.1 Å². The number of piperazine rings is 1. The Morgan fingerprint density at radius 1 is 1.00 bits per heavy atom. The van der Waals surface area contributed by atoms with E-state index in [9.17, 15) is 4.79 Å². The number of carbonyl (C=O) groups excluding carboxylic acids is 1. The number of ether oxygens (including phenoxy) is 2. The Hall–Kier alpha value is -2.83. The molecule has 1 saturated heterocycles. The Labute approximate surface area is 187 Å². The van der Waals surface area contributed by atoms with E-state index in [0.29, 0.717) is 6.61 Å². The Morgan fingerprint density at radius 3 is 2.55 bits per heavy atom. The minimum atomic E-state index is 0.119. The van der Waals surface area contributed by atoms with Crippen LogP contribution in [0.1, 0.15) is 26.4 Å². The zero-order chi connectivity index (χ0) is 21.6. The lowest BCUT2D eigenvalue weighted by molar-refractivity contribution is 0.0633. The predicted octanol–water partition coefficient (Wildman–Crippen LogP) is 4.60. The standard InChI is InChI=1S/C25H28N2O3S/c1-19-6-3-4-7-21(19)16-26-10-12-27(13-11-26)25(28)24-14-20(18-31-24)17-30-23-9-5-8-22(15-23)29-2/h3-9,14-15,18H,10-13,16-17H2,1-2H3. The highest BCUT2D eigenvalue weighted by molar-refractivity contribution is 7.12. The van der Waals surface area contributed by atoms with Crippen LogP contribution in [-0.2, 0) is 13.2 Å². The molecule has 0 aliphatic carbocycles. The Morgan fingerprint density at radius 2 is 1.77 bits per heavy atom. The second-order valence-electron chi connectivity index (χ2n) is 7.78. The molecule has 1 aromatic heterocycles. The van der Waals surface area contributed by atoms with Gasteiger partial charge in [0.2, 0.25) is 0 Å². The minimum absolute atomic E-state index is 0.119. The highest BCUT2D eigenvalue weighted by Gasteiger charge is 2.23. The highest BCUT2D eigenvalue weighted by Crippen LogP contribution is 2.23. The predicted molar refractivity (Wildman–Crippen MR) is 124 cm³/mol. The Balaban J connectivity index is 1.28. The van der Waals surface area contributed by atoms with Crippen molar-refractivity contribution < 1.29 is 14.3 Å². The van der Waals surface area contributed by atoms with E-state index in [4.69, 9.17) is 9.47 Å². The zero-order valence-corrected chi connectivity index (χ0v) is 18.9. The van der Waals surface area contributed by atoms with Gasteiger partial charge in [0.05, 0.1) is 12.0 Å². The topological polar surface area (TPSA) is 42.0 Å². The number of benzene rings is 2. The molecule has 0 radical (unpaired) electrons. The maximum absolute atomic E-state index is 13.0. The maximum Gasteiger partial charge on any atom is 0.264 e. The molecular formula is C25H28N2O3S. The number of thiophene rings is 1. The molecule has 4 rings (SSSR count). The highest BCUT2D eigenvalue weighted by atomic mass is 32.1. The molecule has 1 aliphatic rings. The van der Waals surface area contributed by atoms with Crippen LogP contribution in [0.2, 0.25) is 0 Å². The van der Waals surface area contributed by atoms with E-state index in [-0.39, 0.29) is 5.91 Å². The van der Waals surface area contributed by atoms with Gasteiger partial charge in [-0.2, -0.15) is 0 Å². The third kappa shape index (κ3) is 5.46. The number of methoxy groups -OCH3 is 1. The van der Waals surface area contributed by atoms with Gasteiger partial charge in [0.25, 0.3) is 5.91 Å². The van der Waals surface area contributed by atoms with E-state index >= 15 is 0 Å². The molecule has 0 N–H and O–H groups in total. The van der Waals surface area contributed by atoms with Crippen molar-refractivity contribution in [2.75, 3.05) is 33.3 Å². The molecule has 3 aromatic rings. The first-order valence-corrected chi connectivity index (χ1v) is 11.4. The van der Waals surface area contributed by atoms with E-state index in [1.165, 1.54) is 22.5 Å². The van der Waals surface area contributed by atoms with Crippen molar-refractivity contribution in [1.29, 1.82) is 0 Å². The summed E-state index contributed by atoms with van der Waals surface area (Å²) in [6, 6.07) is 18.0. The van der Waals surface area contributed by atoms with E-state index in [0.717, 1.165) is 54.7 Å². The molecular weight excluding hydrogens is 408 g/mol. The second kappa shape index (κ2) is 9.98. The average Bonchev–Trinajstić information content (AvgIpc) is 3.28. The van der Waals surface area contributed by atoms with E-state index in [1.54, 1.807) is 7.11 Å². The minimum Gasteiger partial charge on any atom is -0.497 e. The quantitative estimate of drug-likeness (QED) is 0.543. The first kappa shape index (κ1) is 21.4. The van der Waals surface area contributed by atoms with Crippen LogP contribution in [0.15, 0.2) is 60.0 Å². The van der Waals surface area contributed by atoms with E-state index < -0.39 is 0 Å². The largest absolute Gasteiger partial charge is 0.497 e. The summed E-state index contributed by atoms with van der Waals surface area (Å²) in [6.07, 6.45) is 0. The van der Waals surface area contributed by atoms with Crippen LogP contribution in [0.25, 0.3) is 0 Å². The van der Waals surface area contributed by atoms with Gasteiger partial charge in [0, 0.05) is 44.4 Å². The van der Waals surface area contributed by atoms with Crippen molar-refractivity contribution in [3.8, 4) is 11.5 Å². The first-order chi connectivity index (χ1) is 15.1. The monoisotopic (exact) mass is 436 g/mol. The van der Waals surface area contributed by atoms with Crippen LogP contribution in [0.3, 0.4) is 0 Å². The van der Waals surface area contributed by atoms with Crippen molar-refractivity contribution >= 4 is 17.2 Å². The maximum atomic E-state index is 13.0. The summed E-state index contributed by atoms with van der Waals surface area (Å²) in [5.41, 5.74) is 3.69. The summed E-state index contributed by atoms with van der Waals surface area (Å²) in [4.78, 5) is 18.1. The van der Waals surface area contributed by atoms with Gasteiger partial charge in [-0.3, -0.25) is 9.69 Å². The summed E-state index contributed by atoms with van der Waals surface area (Å²) in [7, 11) is 1.64. The fraction of sp³-hybridized carbons (Fsp3) is 0.320. The lowest BCUT2D eigenvalue weighted by Gasteiger charge is -2.34. The van der Waals surface area contributed by atoms with Gasteiger partial charge in [-0.05, 0) is 41.6 Å². The van der Waals surface area contributed by atoms with E-state index in [2.05, 4.69) is 36.1 Å². The molecule has 0 spiro atoms. The molecule has 31 heavy (non-hydrogen) atoms. The van der Waals surface area contributed by atoms with Crippen LogP contribution in [0.4, 0.5) is 0 Å². The van der Waals surface area contributed by atoms with Gasteiger partial charge in [0.15, 0.2) is 0 Å². The van der Waals surface area contributed by atoms with Crippen LogP contribution in [-0.4, -0.2) is 49.0 Å². The van der Waals surface area contributed by atoms with Gasteiger partial charge in [-0.15, -0.1) is 11.3 Å². The van der Waals surface area contributed by atoms with Crippen molar-refractivity contribution in [3.63, 3.8) is 0 Å². The lowest BCUT2D eigenvalue weighted by Crippen LogP contribution is -2.48. The summed E-state index contributed by atoms with van der Waals surface area (Å²) < 4.78 is 11.1. The normalized spacial score (nSPS) is 14.5. The second-order valence-corrected chi connectivity index (χ2v) is 8.69. The van der Waals surface area contributed by atoms with Crippen LogP contribution in [0, 0.1) is 6.92 Å². The van der Waals surface area contributed by atoms with Gasteiger partial charge in [-0.1, -0.05) is 30.3 Å². The molecule has 2 heterocycles. The molecule has 0 unspecified atom stereocenters. The van der Waals surface area contributed by atoms with Crippen molar-refractivity contribution in [2.45, 2.75) is 20.1 Å².